The maximum Gasteiger partial charge on any atom is 0.218 e. The first-order valence-corrected chi connectivity index (χ1v) is 4.64. The number of benzene rings is 1. The van der Waals surface area contributed by atoms with E-state index in [-0.39, 0.29) is 0 Å². The first-order valence-electron chi connectivity index (χ1n) is 4.64. The van der Waals surface area contributed by atoms with Crippen molar-refractivity contribution < 1.29 is 15.0 Å². The summed E-state index contributed by atoms with van der Waals surface area (Å²) in [6, 6.07) is 6.90. The lowest BCUT2D eigenvalue weighted by atomic mass is 10.1. The molecule has 0 aromatic heterocycles. The molecular formula is C11H14O3. The Labute approximate surface area is 83.0 Å². The van der Waals surface area contributed by atoms with Gasteiger partial charge < -0.3 is 10.2 Å². The fourth-order valence-corrected chi connectivity index (χ4v) is 1.27. The maximum atomic E-state index is 11.1. The molecule has 0 fully saturated rings. The van der Waals surface area contributed by atoms with Crippen LogP contribution in [0.25, 0.3) is 0 Å². The van der Waals surface area contributed by atoms with Gasteiger partial charge in [0.15, 0.2) is 0 Å². The summed E-state index contributed by atoms with van der Waals surface area (Å²) < 4.78 is 0. The standard InChI is InChI=1S/C11H14O3/c1-2-3-8-4-6-9(7-5-8)10(12)11(13)14/h4-7,11,13-14H,2-3H2,1H3. The summed E-state index contributed by atoms with van der Waals surface area (Å²) in [5.74, 6) is -0.659. The Bertz CT molecular complexity index is 301. The van der Waals surface area contributed by atoms with Crippen LogP contribution in [0.4, 0.5) is 0 Å². The second kappa shape index (κ2) is 4.88. The Kier molecular flexibility index (Phi) is 3.80. The van der Waals surface area contributed by atoms with E-state index in [2.05, 4.69) is 6.92 Å². The predicted octanol–water partition coefficient (Wildman–Crippen LogP) is 1.13. The van der Waals surface area contributed by atoms with E-state index >= 15 is 0 Å². The van der Waals surface area contributed by atoms with E-state index in [0.717, 1.165) is 18.4 Å². The van der Waals surface area contributed by atoms with E-state index in [1.165, 1.54) is 0 Å². The molecule has 0 radical (unpaired) electrons. The number of hydrogen-bond acceptors (Lipinski definition) is 3. The molecule has 3 heteroatoms. The number of aliphatic hydroxyl groups is 2. The molecule has 0 aliphatic heterocycles. The zero-order valence-corrected chi connectivity index (χ0v) is 8.10. The first-order chi connectivity index (χ1) is 6.65. The van der Waals surface area contributed by atoms with Gasteiger partial charge in [0.2, 0.25) is 12.1 Å². The van der Waals surface area contributed by atoms with Gasteiger partial charge in [-0.15, -0.1) is 0 Å². The van der Waals surface area contributed by atoms with E-state index in [4.69, 9.17) is 10.2 Å². The van der Waals surface area contributed by atoms with Gasteiger partial charge in [-0.1, -0.05) is 37.6 Å². The molecule has 0 heterocycles. The Hall–Kier alpha value is -1.19. The predicted molar refractivity (Wildman–Crippen MR) is 53.0 cm³/mol. The lowest BCUT2D eigenvalue weighted by Crippen LogP contribution is -2.19. The molecule has 0 atom stereocenters. The molecule has 1 aromatic carbocycles. The van der Waals surface area contributed by atoms with Crippen molar-refractivity contribution in [1.82, 2.24) is 0 Å². The molecule has 0 unspecified atom stereocenters. The van der Waals surface area contributed by atoms with Crippen LogP contribution in [0.3, 0.4) is 0 Å². The van der Waals surface area contributed by atoms with E-state index < -0.39 is 12.1 Å². The van der Waals surface area contributed by atoms with E-state index in [1.54, 1.807) is 12.1 Å². The van der Waals surface area contributed by atoms with Gasteiger partial charge in [-0.25, -0.2) is 0 Å². The average Bonchev–Trinajstić information content (AvgIpc) is 2.18. The first kappa shape index (κ1) is 10.9. The van der Waals surface area contributed by atoms with Crippen molar-refractivity contribution in [3.05, 3.63) is 35.4 Å². The molecule has 0 amide bonds. The van der Waals surface area contributed by atoms with E-state index in [0.29, 0.717) is 5.56 Å². The minimum Gasteiger partial charge on any atom is -0.362 e. The normalized spacial score (nSPS) is 10.6. The van der Waals surface area contributed by atoms with Gasteiger partial charge >= 0.3 is 0 Å². The summed E-state index contributed by atoms with van der Waals surface area (Å²) in [5, 5.41) is 17.3. The van der Waals surface area contributed by atoms with Crippen LogP contribution in [0.1, 0.15) is 29.3 Å². The number of hydrogen-bond donors (Lipinski definition) is 2. The Morgan fingerprint density at radius 1 is 1.29 bits per heavy atom. The molecule has 2 N–H and O–H groups in total. The van der Waals surface area contributed by atoms with Gasteiger partial charge in [0.25, 0.3) is 0 Å². The molecule has 0 aliphatic carbocycles. The van der Waals surface area contributed by atoms with Crippen molar-refractivity contribution in [1.29, 1.82) is 0 Å². The summed E-state index contributed by atoms with van der Waals surface area (Å²) in [4.78, 5) is 11.1. The molecule has 1 rings (SSSR count). The molecular weight excluding hydrogens is 180 g/mol. The minimum absolute atomic E-state index is 0.333. The van der Waals surface area contributed by atoms with E-state index in [1.807, 2.05) is 12.1 Å². The van der Waals surface area contributed by atoms with Crippen molar-refractivity contribution in [2.45, 2.75) is 26.1 Å². The average molecular weight is 194 g/mol. The third-order valence-electron chi connectivity index (χ3n) is 2.01. The molecule has 0 bridgehead atoms. The summed E-state index contributed by atoms with van der Waals surface area (Å²) in [5.41, 5.74) is 1.48. The fourth-order valence-electron chi connectivity index (χ4n) is 1.27. The number of aliphatic hydroxyl groups excluding tert-OH is 1. The summed E-state index contributed by atoms with van der Waals surface area (Å²) in [6.07, 6.45) is 0.110. The van der Waals surface area contributed by atoms with E-state index in [9.17, 15) is 4.79 Å². The molecule has 0 saturated carbocycles. The van der Waals surface area contributed by atoms with Crippen LogP contribution in [0.2, 0.25) is 0 Å². The van der Waals surface area contributed by atoms with Crippen molar-refractivity contribution >= 4 is 5.78 Å². The van der Waals surface area contributed by atoms with Crippen LogP contribution >= 0.6 is 0 Å². The van der Waals surface area contributed by atoms with Crippen LogP contribution in [-0.4, -0.2) is 22.3 Å². The SMILES string of the molecule is CCCc1ccc(C(=O)C(O)O)cc1. The van der Waals surface area contributed by atoms with Crippen LogP contribution in [0, 0.1) is 0 Å². The summed E-state index contributed by atoms with van der Waals surface area (Å²) in [7, 11) is 0. The Morgan fingerprint density at radius 2 is 1.86 bits per heavy atom. The quantitative estimate of drug-likeness (QED) is 0.558. The number of rotatable bonds is 4. The number of carbonyl (C=O) groups is 1. The molecule has 0 aliphatic rings. The lowest BCUT2D eigenvalue weighted by Gasteiger charge is -2.03. The molecule has 0 saturated heterocycles. The molecule has 0 spiro atoms. The van der Waals surface area contributed by atoms with Gasteiger partial charge in [0.1, 0.15) is 0 Å². The highest BCUT2D eigenvalue weighted by Gasteiger charge is 2.12. The molecule has 14 heavy (non-hydrogen) atoms. The highest BCUT2D eigenvalue weighted by atomic mass is 16.5. The van der Waals surface area contributed by atoms with Gasteiger partial charge in [-0.05, 0) is 12.0 Å². The highest BCUT2D eigenvalue weighted by molar-refractivity contribution is 5.98. The second-order valence-corrected chi connectivity index (χ2v) is 3.18. The highest BCUT2D eigenvalue weighted by Crippen LogP contribution is 2.08. The lowest BCUT2D eigenvalue weighted by molar-refractivity contribution is -0.0195. The number of Topliss-reactive ketones (excluding diaryl/α,β-unsaturated/α-hetero) is 1. The van der Waals surface area contributed by atoms with Crippen LogP contribution in [-0.2, 0) is 6.42 Å². The van der Waals surface area contributed by atoms with Crippen molar-refractivity contribution in [3.63, 3.8) is 0 Å². The van der Waals surface area contributed by atoms with Crippen LogP contribution in [0.5, 0.6) is 0 Å². The number of aryl methyl sites for hydroxylation is 1. The second-order valence-electron chi connectivity index (χ2n) is 3.18. The van der Waals surface area contributed by atoms with Gasteiger partial charge in [-0.2, -0.15) is 0 Å². The monoisotopic (exact) mass is 194 g/mol. The summed E-state index contributed by atoms with van der Waals surface area (Å²) >= 11 is 0. The number of carbonyl (C=O) groups excluding carboxylic acids is 1. The Morgan fingerprint density at radius 3 is 2.29 bits per heavy atom. The molecule has 1 aromatic rings. The topological polar surface area (TPSA) is 57.5 Å². The van der Waals surface area contributed by atoms with Crippen LogP contribution in [0.15, 0.2) is 24.3 Å². The minimum atomic E-state index is -1.91. The molecule has 3 nitrogen and oxygen atoms in total. The van der Waals surface area contributed by atoms with Crippen LogP contribution < -0.4 is 0 Å². The van der Waals surface area contributed by atoms with Crippen molar-refractivity contribution in [2.75, 3.05) is 0 Å². The van der Waals surface area contributed by atoms with Crippen molar-refractivity contribution in [2.24, 2.45) is 0 Å². The van der Waals surface area contributed by atoms with Gasteiger partial charge in [0.05, 0.1) is 0 Å². The van der Waals surface area contributed by atoms with Crippen molar-refractivity contribution in [3.8, 4) is 0 Å². The fraction of sp³-hybridized carbons (Fsp3) is 0.364. The third-order valence-corrected chi connectivity index (χ3v) is 2.01. The molecule has 76 valence electrons. The maximum absolute atomic E-state index is 11.1. The van der Waals surface area contributed by atoms with Gasteiger partial charge in [0, 0.05) is 5.56 Å². The zero-order chi connectivity index (χ0) is 10.6. The smallest absolute Gasteiger partial charge is 0.218 e. The number of ketones is 1. The Balaban J connectivity index is 2.78. The summed E-state index contributed by atoms with van der Waals surface area (Å²) in [6.45, 7) is 2.08. The largest absolute Gasteiger partial charge is 0.362 e. The van der Waals surface area contributed by atoms with Gasteiger partial charge in [-0.3, -0.25) is 4.79 Å². The zero-order valence-electron chi connectivity index (χ0n) is 8.10. The third kappa shape index (κ3) is 2.65.